The summed E-state index contributed by atoms with van der Waals surface area (Å²) in [5.74, 6) is -1.33. The maximum Gasteiger partial charge on any atom is 0.322 e. The zero-order valence-electron chi connectivity index (χ0n) is 13.6. The quantitative estimate of drug-likeness (QED) is 0.499. The molecule has 0 saturated carbocycles. The number of rotatable bonds is 6. The predicted octanol–water partition coefficient (Wildman–Crippen LogP) is 2.20. The number of nitro benzene ring substituents is 1. The van der Waals surface area contributed by atoms with E-state index in [0.29, 0.717) is 0 Å². The van der Waals surface area contributed by atoms with Gasteiger partial charge < -0.3 is 4.42 Å². The third-order valence-corrected chi connectivity index (χ3v) is 5.06. The molecule has 0 spiro atoms. The molecule has 0 radical (unpaired) electrons. The van der Waals surface area contributed by atoms with Crippen molar-refractivity contribution in [3.63, 3.8) is 0 Å². The number of amides is 1. The van der Waals surface area contributed by atoms with Crippen LogP contribution in [-0.4, -0.2) is 29.4 Å². The second-order valence-corrected chi connectivity index (χ2v) is 7.32. The Kier molecular flexibility index (Phi) is 4.94. The van der Waals surface area contributed by atoms with Gasteiger partial charge in [-0.15, -0.1) is 5.10 Å². The van der Waals surface area contributed by atoms with E-state index < -0.39 is 26.4 Å². The number of nitro groups is 1. The molecule has 0 saturated heterocycles. The van der Waals surface area contributed by atoms with E-state index >= 15 is 0 Å². The van der Waals surface area contributed by atoms with E-state index in [-0.39, 0.29) is 28.1 Å². The Labute approximate surface area is 152 Å². The van der Waals surface area contributed by atoms with Crippen LogP contribution >= 0.6 is 0 Å². The van der Waals surface area contributed by atoms with Crippen molar-refractivity contribution >= 4 is 27.4 Å². The molecule has 0 aliphatic carbocycles. The summed E-state index contributed by atoms with van der Waals surface area (Å²) in [4.78, 5) is 22.2. The summed E-state index contributed by atoms with van der Waals surface area (Å²) >= 11 is 0. The monoisotopic (exact) mass is 388 g/mol. The first kappa shape index (κ1) is 18.2. The van der Waals surface area contributed by atoms with Crippen LogP contribution in [-0.2, 0) is 15.6 Å². The number of hydrogen-bond donors (Lipinski definition) is 1. The lowest BCUT2D eigenvalue weighted by molar-refractivity contribution is -0.384. The molecule has 3 rings (SSSR count). The van der Waals surface area contributed by atoms with Gasteiger partial charge in [0.25, 0.3) is 11.6 Å². The Morgan fingerprint density at radius 3 is 2.37 bits per heavy atom. The van der Waals surface area contributed by atoms with Crippen LogP contribution in [0.1, 0.15) is 16.2 Å². The van der Waals surface area contributed by atoms with Crippen molar-refractivity contribution in [3.8, 4) is 0 Å². The molecule has 0 aliphatic rings. The molecule has 2 aromatic carbocycles. The van der Waals surface area contributed by atoms with Crippen LogP contribution in [0.5, 0.6) is 0 Å². The third-order valence-electron chi connectivity index (χ3n) is 3.44. The van der Waals surface area contributed by atoms with Crippen LogP contribution in [0.15, 0.2) is 63.9 Å². The zero-order valence-corrected chi connectivity index (χ0v) is 14.4. The summed E-state index contributed by atoms with van der Waals surface area (Å²) in [6.07, 6.45) is 0. The molecule has 0 bridgehead atoms. The van der Waals surface area contributed by atoms with Gasteiger partial charge in [0, 0.05) is 17.7 Å². The largest absolute Gasteiger partial charge is 0.407 e. The fourth-order valence-electron chi connectivity index (χ4n) is 2.14. The van der Waals surface area contributed by atoms with E-state index in [1.165, 1.54) is 36.4 Å². The molecule has 0 aliphatic heterocycles. The highest BCUT2D eigenvalue weighted by atomic mass is 32.2. The van der Waals surface area contributed by atoms with Gasteiger partial charge in [0.15, 0.2) is 9.84 Å². The molecular formula is C16H12N4O6S. The molecule has 10 nitrogen and oxygen atoms in total. The topological polar surface area (TPSA) is 145 Å². The van der Waals surface area contributed by atoms with Crippen LogP contribution in [0.2, 0.25) is 0 Å². The van der Waals surface area contributed by atoms with Crippen molar-refractivity contribution in [2.24, 2.45) is 0 Å². The average Bonchev–Trinajstić information content (AvgIpc) is 3.08. The number of anilines is 1. The Hall–Kier alpha value is -3.60. The third kappa shape index (κ3) is 4.33. The molecule has 1 heterocycles. The number of non-ortho nitro benzene ring substituents is 1. The van der Waals surface area contributed by atoms with Crippen molar-refractivity contribution in [1.29, 1.82) is 0 Å². The number of nitrogens with zero attached hydrogens (tertiary/aromatic N) is 3. The smallest absolute Gasteiger partial charge is 0.322 e. The Bertz CT molecular complexity index is 1080. The van der Waals surface area contributed by atoms with Crippen molar-refractivity contribution < 1.29 is 22.6 Å². The molecule has 11 heteroatoms. The fourth-order valence-corrected chi connectivity index (χ4v) is 3.32. The highest BCUT2D eigenvalue weighted by molar-refractivity contribution is 7.90. The lowest BCUT2D eigenvalue weighted by Gasteiger charge is -2.01. The summed E-state index contributed by atoms with van der Waals surface area (Å²) in [7, 11) is -3.67. The SMILES string of the molecule is O=C(Nc1nnc(CS(=O)(=O)c2ccccc2)o1)c1ccc([N+](=O)[O-])cc1. The van der Waals surface area contributed by atoms with E-state index in [9.17, 15) is 23.3 Å². The van der Waals surface area contributed by atoms with E-state index in [2.05, 4.69) is 15.5 Å². The number of carbonyl (C=O) groups is 1. The van der Waals surface area contributed by atoms with E-state index in [1.807, 2.05) is 0 Å². The van der Waals surface area contributed by atoms with Crippen LogP contribution in [0.25, 0.3) is 0 Å². The maximum atomic E-state index is 12.3. The second-order valence-electron chi connectivity index (χ2n) is 5.33. The van der Waals surface area contributed by atoms with Crippen molar-refractivity contribution in [2.45, 2.75) is 10.6 Å². The van der Waals surface area contributed by atoms with Gasteiger partial charge in [-0.1, -0.05) is 23.3 Å². The van der Waals surface area contributed by atoms with Gasteiger partial charge in [-0.3, -0.25) is 20.2 Å². The Morgan fingerprint density at radius 1 is 1.07 bits per heavy atom. The minimum Gasteiger partial charge on any atom is -0.407 e. The number of carbonyl (C=O) groups excluding carboxylic acids is 1. The Balaban J connectivity index is 1.69. The summed E-state index contributed by atoms with van der Waals surface area (Å²) in [6.45, 7) is 0. The minimum atomic E-state index is -3.67. The van der Waals surface area contributed by atoms with E-state index in [0.717, 1.165) is 0 Å². The van der Waals surface area contributed by atoms with Gasteiger partial charge in [-0.2, -0.15) is 0 Å². The number of nitrogens with one attached hydrogen (secondary N) is 1. The molecule has 1 N–H and O–H groups in total. The lowest BCUT2D eigenvalue weighted by atomic mass is 10.2. The molecule has 0 fully saturated rings. The number of aromatic nitrogens is 2. The molecule has 0 unspecified atom stereocenters. The first-order valence-corrected chi connectivity index (χ1v) is 9.16. The molecular weight excluding hydrogens is 376 g/mol. The van der Waals surface area contributed by atoms with Gasteiger partial charge in [0.1, 0.15) is 5.75 Å². The number of sulfone groups is 1. The van der Waals surface area contributed by atoms with Crippen LogP contribution in [0, 0.1) is 10.1 Å². The molecule has 0 atom stereocenters. The summed E-state index contributed by atoms with van der Waals surface area (Å²) in [5.41, 5.74) is -0.0185. The summed E-state index contributed by atoms with van der Waals surface area (Å²) in [6, 6.07) is 12.4. The van der Waals surface area contributed by atoms with Crippen LogP contribution in [0.4, 0.5) is 11.7 Å². The number of benzene rings is 2. The van der Waals surface area contributed by atoms with Crippen molar-refractivity contribution in [2.75, 3.05) is 5.32 Å². The van der Waals surface area contributed by atoms with Gasteiger partial charge in [-0.05, 0) is 24.3 Å². The average molecular weight is 388 g/mol. The standard InChI is InChI=1S/C16H12N4O6S/c21-15(11-6-8-12(9-7-11)20(22)23)17-16-19-18-14(26-16)10-27(24,25)13-4-2-1-3-5-13/h1-9H,10H2,(H,17,19,21). The summed E-state index contributed by atoms with van der Waals surface area (Å²) in [5, 5.41) is 20.1. The highest BCUT2D eigenvalue weighted by Crippen LogP contribution is 2.17. The van der Waals surface area contributed by atoms with Crippen LogP contribution < -0.4 is 5.32 Å². The van der Waals surface area contributed by atoms with E-state index in [4.69, 9.17) is 4.42 Å². The number of hydrogen-bond acceptors (Lipinski definition) is 8. The first-order chi connectivity index (χ1) is 12.8. The minimum absolute atomic E-state index is 0.111. The maximum absolute atomic E-state index is 12.3. The molecule has 3 aromatic rings. The molecule has 1 aromatic heterocycles. The zero-order chi connectivity index (χ0) is 19.4. The lowest BCUT2D eigenvalue weighted by Crippen LogP contribution is -2.12. The summed E-state index contributed by atoms with van der Waals surface area (Å²) < 4.78 is 29.7. The van der Waals surface area contributed by atoms with Gasteiger partial charge >= 0.3 is 6.01 Å². The van der Waals surface area contributed by atoms with Crippen molar-refractivity contribution in [1.82, 2.24) is 10.2 Å². The second kappa shape index (κ2) is 7.33. The predicted molar refractivity (Wildman–Crippen MR) is 92.7 cm³/mol. The molecule has 27 heavy (non-hydrogen) atoms. The Morgan fingerprint density at radius 2 is 1.74 bits per heavy atom. The van der Waals surface area contributed by atoms with Gasteiger partial charge in [0.05, 0.1) is 9.82 Å². The van der Waals surface area contributed by atoms with Crippen molar-refractivity contribution in [3.05, 3.63) is 76.2 Å². The highest BCUT2D eigenvalue weighted by Gasteiger charge is 2.20. The normalized spacial score (nSPS) is 11.1. The first-order valence-electron chi connectivity index (χ1n) is 7.51. The van der Waals surface area contributed by atoms with Gasteiger partial charge in [-0.25, -0.2) is 8.42 Å². The van der Waals surface area contributed by atoms with Gasteiger partial charge in [0.2, 0.25) is 5.89 Å². The molecule has 1 amide bonds. The van der Waals surface area contributed by atoms with Crippen LogP contribution in [0.3, 0.4) is 0 Å². The van der Waals surface area contributed by atoms with E-state index in [1.54, 1.807) is 18.2 Å². The molecule has 138 valence electrons. The fraction of sp³-hybridized carbons (Fsp3) is 0.0625.